The van der Waals surface area contributed by atoms with E-state index in [4.69, 9.17) is 0 Å². The maximum atomic E-state index is 10.2. The van der Waals surface area contributed by atoms with Gasteiger partial charge in [0.1, 0.15) is 6.92 Å². The lowest BCUT2D eigenvalue weighted by Crippen LogP contribution is -2.21. The second-order valence-electron chi connectivity index (χ2n) is 1.27. The summed E-state index contributed by atoms with van der Waals surface area (Å²) in [5.74, 6) is -0.366. The topological polar surface area (TPSA) is 35.5 Å². The molecule has 0 saturated carbocycles. The first kappa shape index (κ1) is 7.46. The van der Waals surface area contributed by atoms with Crippen molar-refractivity contribution in [2.45, 2.75) is 6.29 Å². The molecular weight excluding hydrogens is 108 g/mol. The van der Waals surface area contributed by atoms with Crippen molar-refractivity contribution in [2.75, 3.05) is 14.2 Å². The maximum absolute atomic E-state index is 10.2. The second-order valence-corrected chi connectivity index (χ2v) is 1.27. The average molecular weight is 117 g/mol. The Kier molecular flexibility index (Phi) is 3.23. The van der Waals surface area contributed by atoms with Crippen molar-refractivity contribution in [2.24, 2.45) is 0 Å². The van der Waals surface area contributed by atoms with Crippen molar-refractivity contribution in [3.05, 3.63) is 6.92 Å². The molecule has 0 rings (SSSR count). The third-order valence-corrected chi connectivity index (χ3v) is 0.691. The maximum Gasteiger partial charge on any atom is 0.359 e. The normalized spacial score (nSPS) is 9.88. The summed E-state index contributed by atoms with van der Waals surface area (Å²) in [7, 11) is 2.77. The lowest BCUT2D eigenvalue weighted by Gasteiger charge is -2.02. The molecular formula is C5H9O3+. The van der Waals surface area contributed by atoms with Gasteiger partial charge in [0.2, 0.25) is 0 Å². The third-order valence-electron chi connectivity index (χ3n) is 0.691. The predicted octanol–water partition coefficient (Wildman–Crippen LogP) is 0.00849. The van der Waals surface area contributed by atoms with Crippen LogP contribution in [0.1, 0.15) is 0 Å². The van der Waals surface area contributed by atoms with Gasteiger partial charge in [-0.15, -0.1) is 0 Å². The van der Waals surface area contributed by atoms with Gasteiger partial charge < -0.3 is 9.47 Å². The summed E-state index contributed by atoms with van der Waals surface area (Å²) in [6.07, 6.45) is -0.796. The Balaban J connectivity index is 3.52. The zero-order valence-corrected chi connectivity index (χ0v) is 5.01. The molecule has 0 spiro atoms. The average Bonchev–Trinajstić information content (AvgIpc) is 1.69. The summed E-state index contributed by atoms with van der Waals surface area (Å²) < 4.78 is 9.05. The minimum Gasteiger partial charge on any atom is -0.346 e. The van der Waals surface area contributed by atoms with Crippen LogP contribution in [0.5, 0.6) is 0 Å². The van der Waals surface area contributed by atoms with E-state index in [0.717, 1.165) is 0 Å². The highest BCUT2D eigenvalue weighted by atomic mass is 16.7. The lowest BCUT2D eigenvalue weighted by atomic mass is 10.4. The molecule has 46 valence electrons. The predicted molar refractivity (Wildman–Crippen MR) is 28.2 cm³/mol. The minimum atomic E-state index is -0.796. The molecule has 0 aliphatic rings. The summed E-state index contributed by atoms with van der Waals surface area (Å²) in [6, 6.07) is 0. The SMILES string of the molecule is [CH2+]C(=O)C(OC)OC. The quantitative estimate of drug-likeness (QED) is 0.386. The van der Waals surface area contributed by atoms with Gasteiger partial charge in [0.25, 0.3) is 6.29 Å². The van der Waals surface area contributed by atoms with Crippen molar-refractivity contribution < 1.29 is 14.3 Å². The van der Waals surface area contributed by atoms with E-state index >= 15 is 0 Å². The third kappa shape index (κ3) is 1.95. The van der Waals surface area contributed by atoms with E-state index in [0.29, 0.717) is 0 Å². The van der Waals surface area contributed by atoms with Gasteiger partial charge in [-0.1, -0.05) is 0 Å². The van der Waals surface area contributed by atoms with E-state index in [-0.39, 0.29) is 5.78 Å². The number of Topliss-reactive ketones (excluding diaryl/α,β-unsaturated/α-hetero) is 1. The number of ketones is 1. The molecule has 0 atom stereocenters. The molecule has 0 aliphatic carbocycles. The van der Waals surface area contributed by atoms with Gasteiger partial charge in [0, 0.05) is 14.2 Å². The van der Waals surface area contributed by atoms with Crippen molar-refractivity contribution in [3.8, 4) is 0 Å². The molecule has 0 aromatic heterocycles. The molecule has 3 nitrogen and oxygen atoms in total. The fourth-order valence-electron chi connectivity index (χ4n) is 0.359. The monoisotopic (exact) mass is 117 g/mol. The number of ether oxygens (including phenoxy) is 2. The van der Waals surface area contributed by atoms with E-state index in [2.05, 4.69) is 16.4 Å². The number of hydrogen-bond acceptors (Lipinski definition) is 3. The largest absolute Gasteiger partial charge is 0.359 e. The summed E-state index contributed by atoms with van der Waals surface area (Å²) in [5.41, 5.74) is 0. The Morgan fingerprint density at radius 2 is 1.88 bits per heavy atom. The number of methoxy groups -OCH3 is 2. The van der Waals surface area contributed by atoms with Crippen LogP contribution in [-0.4, -0.2) is 26.3 Å². The smallest absolute Gasteiger partial charge is 0.346 e. The highest BCUT2D eigenvalue weighted by molar-refractivity contribution is 5.85. The van der Waals surface area contributed by atoms with Crippen molar-refractivity contribution in [1.29, 1.82) is 0 Å². The van der Waals surface area contributed by atoms with Crippen LogP contribution < -0.4 is 0 Å². The zero-order chi connectivity index (χ0) is 6.57. The van der Waals surface area contributed by atoms with Crippen molar-refractivity contribution >= 4 is 5.78 Å². The molecule has 0 fully saturated rings. The van der Waals surface area contributed by atoms with E-state index in [1.54, 1.807) is 0 Å². The summed E-state index contributed by atoms with van der Waals surface area (Å²) in [4.78, 5) is 10.2. The molecule has 0 bridgehead atoms. The Morgan fingerprint density at radius 3 is 1.88 bits per heavy atom. The van der Waals surface area contributed by atoms with Crippen LogP contribution in [0.25, 0.3) is 0 Å². The van der Waals surface area contributed by atoms with Crippen molar-refractivity contribution in [3.63, 3.8) is 0 Å². The first-order chi connectivity index (χ1) is 3.72. The Bertz CT molecular complexity index is 75.7. The summed E-state index contributed by atoms with van der Waals surface area (Å²) in [5, 5.41) is 0. The van der Waals surface area contributed by atoms with E-state index < -0.39 is 6.29 Å². The van der Waals surface area contributed by atoms with Crippen LogP contribution >= 0.6 is 0 Å². The number of carbonyl (C=O) groups excluding carboxylic acids is 1. The van der Waals surface area contributed by atoms with Gasteiger partial charge in [-0.05, 0) is 0 Å². The fourth-order valence-corrected chi connectivity index (χ4v) is 0.359. The fraction of sp³-hybridized carbons (Fsp3) is 0.600. The first-order valence-corrected chi connectivity index (χ1v) is 2.13. The molecule has 0 aliphatic heterocycles. The van der Waals surface area contributed by atoms with E-state index in [1.807, 2.05) is 0 Å². The van der Waals surface area contributed by atoms with Gasteiger partial charge in [-0.2, -0.15) is 0 Å². The first-order valence-electron chi connectivity index (χ1n) is 2.13. The molecule has 0 N–H and O–H groups in total. The van der Waals surface area contributed by atoms with E-state index in [9.17, 15) is 4.79 Å². The van der Waals surface area contributed by atoms with Gasteiger partial charge >= 0.3 is 5.78 Å². The Morgan fingerprint density at radius 1 is 1.50 bits per heavy atom. The highest BCUT2D eigenvalue weighted by Crippen LogP contribution is 1.89. The molecule has 3 heteroatoms. The van der Waals surface area contributed by atoms with Gasteiger partial charge in [0.15, 0.2) is 0 Å². The summed E-state index contributed by atoms with van der Waals surface area (Å²) in [6.45, 7) is 3.09. The highest BCUT2D eigenvalue weighted by Gasteiger charge is 2.16. The van der Waals surface area contributed by atoms with Gasteiger partial charge in [-0.3, -0.25) is 0 Å². The molecule has 0 heterocycles. The van der Waals surface area contributed by atoms with Crippen LogP contribution in [-0.2, 0) is 14.3 Å². The van der Waals surface area contributed by atoms with Crippen LogP contribution in [0, 0.1) is 6.92 Å². The van der Waals surface area contributed by atoms with Crippen LogP contribution in [0.4, 0.5) is 0 Å². The molecule has 0 amide bonds. The number of hydrogen-bond donors (Lipinski definition) is 0. The number of carbonyl (C=O) groups is 1. The molecule has 0 radical (unpaired) electrons. The standard InChI is InChI=1S/C5H9O3/c1-4(6)5(7-2)8-3/h5H,1H2,2-3H3/q+1. The Hall–Kier alpha value is -0.540. The molecule has 0 aromatic rings. The van der Waals surface area contributed by atoms with Gasteiger partial charge in [0.05, 0.1) is 0 Å². The van der Waals surface area contributed by atoms with Crippen LogP contribution in [0.15, 0.2) is 0 Å². The number of rotatable bonds is 3. The Labute approximate surface area is 48.6 Å². The molecule has 8 heavy (non-hydrogen) atoms. The van der Waals surface area contributed by atoms with Crippen molar-refractivity contribution in [1.82, 2.24) is 0 Å². The van der Waals surface area contributed by atoms with Crippen LogP contribution in [0.3, 0.4) is 0 Å². The molecule has 0 unspecified atom stereocenters. The lowest BCUT2D eigenvalue weighted by molar-refractivity contribution is -0.151. The zero-order valence-electron chi connectivity index (χ0n) is 5.01. The minimum absolute atomic E-state index is 0.366. The van der Waals surface area contributed by atoms with E-state index in [1.165, 1.54) is 14.2 Å². The second kappa shape index (κ2) is 3.46. The molecule has 0 saturated heterocycles. The van der Waals surface area contributed by atoms with Crippen LogP contribution in [0.2, 0.25) is 0 Å². The summed E-state index contributed by atoms with van der Waals surface area (Å²) >= 11 is 0. The molecule has 0 aromatic carbocycles. The van der Waals surface area contributed by atoms with Gasteiger partial charge in [-0.25, -0.2) is 4.79 Å².